The molecule has 8 heteroatoms. The van der Waals surface area contributed by atoms with Gasteiger partial charge in [0.05, 0.1) is 22.2 Å². The molecule has 3 N–H and O–H groups in total. The highest BCUT2D eigenvalue weighted by atomic mass is 32.2. The van der Waals surface area contributed by atoms with Gasteiger partial charge in [0.1, 0.15) is 5.76 Å². The first-order valence-electron chi connectivity index (χ1n) is 7.21. The lowest BCUT2D eigenvalue weighted by Gasteiger charge is -2.13. The Labute approximate surface area is 132 Å². The lowest BCUT2D eigenvalue weighted by molar-refractivity contribution is 0.480. The van der Waals surface area contributed by atoms with E-state index in [4.69, 9.17) is 4.42 Å². The van der Waals surface area contributed by atoms with Gasteiger partial charge in [-0.1, -0.05) is 0 Å². The van der Waals surface area contributed by atoms with Gasteiger partial charge >= 0.3 is 5.69 Å². The zero-order valence-corrected chi connectivity index (χ0v) is 13.3. The molecule has 0 radical (unpaired) electrons. The summed E-state index contributed by atoms with van der Waals surface area (Å²) in [6.07, 6.45) is 2.87. The molecule has 3 rings (SSSR count). The van der Waals surface area contributed by atoms with Crippen molar-refractivity contribution in [3.63, 3.8) is 0 Å². The summed E-state index contributed by atoms with van der Waals surface area (Å²) < 4.78 is 32.7. The van der Waals surface area contributed by atoms with E-state index in [0.717, 1.165) is 5.76 Å². The zero-order chi connectivity index (χ0) is 16.4. The fourth-order valence-electron chi connectivity index (χ4n) is 2.38. The molecule has 23 heavy (non-hydrogen) atoms. The lowest BCUT2D eigenvalue weighted by atomic mass is 10.2. The second-order valence-corrected chi connectivity index (χ2v) is 7.14. The summed E-state index contributed by atoms with van der Waals surface area (Å²) in [6, 6.07) is 7.89. The van der Waals surface area contributed by atoms with Crippen LogP contribution >= 0.6 is 0 Å². The molecule has 2 aromatic heterocycles. The molecular weight excluding hydrogens is 318 g/mol. The molecule has 3 aromatic rings. The summed E-state index contributed by atoms with van der Waals surface area (Å²) in [7, 11) is -3.65. The molecule has 1 aromatic carbocycles. The van der Waals surface area contributed by atoms with Crippen LogP contribution in [-0.2, 0) is 16.4 Å². The van der Waals surface area contributed by atoms with E-state index in [-0.39, 0.29) is 16.6 Å². The minimum Gasteiger partial charge on any atom is -0.469 e. The maximum Gasteiger partial charge on any atom is 0.323 e. The summed E-state index contributed by atoms with van der Waals surface area (Å²) in [5.41, 5.74) is 0.662. The first kappa shape index (κ1) is 15.6. The highest BCUT2D eigenvalue weighted by molar-refractivity contribution is 7.89. The molecule has 0 saturated carbocycles. The van der Waals surface area contributed by atoms with Gasteiger partial charge < -0.3 is 14.4 Å². The number of fused-ring (bicyclic) bond motifs is 1. The largest absolute Gasteiger partial charge is 0.469 e. The van der Waals surface area contributed by atoms with Crippen molar-refractivity contribution in [2.24, 2.45) is 0 Å². The van der Waals surface area contributed by atoms with E-state index < -0.39 is 10.0 Å². The number of nitrogens with one attached hydrogen (secondary N) is 3. The zero-order valence-electron chi connectivity index (χ0n) is 12.5. The maximum absolute atomic E-state index is 12.4. The lowest BCUT2D eigenvalue weighted by Crippen LogP contribution is -2.32. The van der Waals surface area contributed by atoms with Gasteiger partial charge in [-0.25, -0.2) is 17.9 Å². The molecule has 0 aliphatic carbocycles. The Kier molecular flexibility index (Phi) is 4.10. The Bertz CT molecular complexity index is 954. The van der Waals surface area contributed by atoms with Gasteiger partial charge in [-0.2, -0.15) is 0 Å². The van der Waals surface area contributed by atoms with Gasteiger partial charge in [0.2, 0.25) is 10.0 Å². The van der Waals surface area contributed by atoms with E-state index in [1.807, 2.05) is 6.07 Å². The quantitative estimate of drug-likeness (QED) is 0.637. The third-order valence-corrected chi connectivity index (χ3v) is 5.15. The second kappa shape index (κ2) is 6.05. The van der Waals surface area contributed by atoms with Crippen molar-refractivity contribution < 1.29 is 12.8 Å². The van der Waals surface area contributed by atoms with Crippen LogP contribution in [0.4, 0.5) is 0 Å². The average Bonchev–Trinajstić information content (AvgIpc) is 3.11. The van der Waals surface area contributed by atoms with Crippen LogP contribution in [0.5, 0.6) is 0 Å². The van der Waals surface area contributed by atoms with E-state index in [9.17, 15) is 13.2 Å². The van der Waals surface area contributed by atoms with Crippen LogP contribution in [0.1, 0.15) is 19.1 Å². The van der Waals surface area contributed by atoms with Gasteiger partial charge in [0.25, 0.3) is 0 Å². The topological polar surface area (TPSA) is 108 Å². The van der Waals surface area contributed by atoms with Crippen LogP contribution in [0.25, 0.3) is 11.0 Å². The Balaban J connectivity index is 1.72. The van der Waals surface area contributed by atoms with Crippen LogP contribution in [0, 0.1) is 0 Å². The van der Waals surface area contributed by atoms with Crippen LogP contribution in [0.3, 0.4) is 0 Å². The van der Waals surface area contributed by atoms with Crippen LogP contribution in [0.2, 0.25) is 0 Å². The fourth-order valence-corrected chi connectivity index (χ4v) is 3.69. The molecule has 0 amide bonds. The number of aryl methyl sites for hydroxylation is 1. The standard InChI is InChI=1S/C15H17N3O4S/c1-10(4-5-11-3-2-8-22-11)18-23(20,21)12-6-7-13-14(9-12)17-15(19)16-13/h2-3,6-10,18H,4-5H2,1H3,(H2,16,17,19)/t10-/m0/s1. The Morgan fingerprint density at radius 1 is 1.22 bits per heavy atom. The predicted molar refractivity (Wildman–Crippen MR) is 85.7 cm³/mol. The number of furan rings is 1. The monoisotopic (exact) mass is 335 g/mol. The van der Waals surface area contributed by atoms with Crippen molar-refractivity contribution in [2.75, 3.05) is 0 Å². The summed E-state index contributed by atoms with van der Waals surface area (Å²) >= 11 is 0. The van der Waals surface area contributed by atoms with E-state index in [1.165, 1.54) is 12.1 Å². The number of aromatic amines is 2. The molecular formula is C15H17N3O4S. The van der Waals surface area contributed by atoms with Gasteiger partial charge in [-0.05, 0) is 43.7 Å². The molecule has 0 aliphatic rings. The summed E-state index contributed by atoms with van der Waals surface area (Å²) in [6.45, 7) is 1.80. The van der Waals surface area contributed by atoms with Gasteiger partial charge in [-0.3, -0.25) is 0 Å². The number of rotatable bonds is 6. The molecule has 2 heterocycles. The third kappa shape index (κ3) is 3.54. The summed E-state index contributed by atoms with van der Waals surface area (Å²) in [5.74, 6) is 0.822. The smallest absolute Gasteiger partial charge is 0.323 e. The molecule has 1 atom stereocenters. The highest BCUT2D eigenvalue weighted by Gasteiger charge is 2.18. The van der Waals surface area contributed by atoms with Crippen molar-refractivity contribution in [3.05, 3.63) is 52.8 Å². The molecule has 122 valence electrons. The number of hydrogen-bond donors (Lipinski definition) is 3. The minimum absolute atomic E-state index is 0.116. The van der Waals surface area contributed by atoms with Gasteiger partial charge in [-0.15, -0.1) is 0 Å². The Hall–Kier alpha value is -2.32. The van der Waals surface area contributed by atoms with Gasteiger partial charge in [0, 0.05) is 12.5 Å². The van der Waals surface area contributed by atoms with Crippen LogP contribution in [0.15, 0.2) is 50.7 Å². The van der Waals surface area contributed by atoms with Gasteiger partial charge in [0.15, 0.2) is 0 Å². The number of benzene rings is 1. The van der Waals surface area contributed by atoms with E-state index >= 15 is 0 Å². The Morgan fingerprint density at radius 3 is 2.74 bits per heavy atom. The van der Waals surface area contributed by atoms with Crippen molar-refractivity contribution >= 4 is 21.1 Å². The second-order valence-electron chi connectivity index (χ2n) is 5.43. The number of aromatic nitrogens is 2. The SMILES string of the molecule is C[C@@H](CCc1ccco1)NS(=O)(=O)c1ccc2[nH]c(=O)[nH]c2c1. The molecule has 7 nitrogen and oxygen atoms in total. The maximum atomic E-state index is 12.4. The first-order chi connectivity index (χ1) is 10.9. The van der Waals surface area contributed by atoms with Crippen LogP contribution < -0.4 is 10.4 Å². The molecule has 0 aliphatic heterocycles. The fraction of sp³-hybridized carbons (Fsp3) is 0.267. The number of imidazole rings is 1. The van der Waals surface area contributed by atoms with E-state index in [1.54, 1.807) is 25.3 Å². The van der Waals surface area contributed by atoms with Crippen LogP contribution in [-0.4, -0.2) is 24.4 Å². The minimum atomic E-state index is -3.65. The first-order valence-corrected chi connectivity index (χ1v) is 8.69. The average molecular weight is 335 g/mol. The number of hydrogen-bond acceptors (Lipinski definition) is 4. The Morgan fingerprint density at radius 2 is 2.00 bits per heavy atom. The van der Waals surface area contributed by atoms with Crippen molar-refractivity contribution in [1.82, 2.24) is 14.7 Å². The normalized spacial score (nSPS) is 13.4. The number of H-pyrrole nitrogens is 2. The molecule has 0 spiro atoms. The summed E-state index contributed by atoms with van der Waals surface area (Å²) in [4.78, 5) is 16.5. The third-order valence-electron chi connectivity index (χ3n) is 3.56. The van der Waals surface area contributed by atoms with Crippen molar-refractivity contribution in [1.29, 1.82) is 0 Å². The highest BCUT2D eigenvalue weighted by Crippen LogP contribution is 2.16. The molecule has 0 fully saturated rings. The van der Waals surface area contributed by atoms with E-state index in [2.05, 4.69) is 14.7 Å². The molecule has 0 bridgehead atoms. The van der Waals surface area contributed by atoms with E-state index in [0.29, 0.717) is 23.9 Å². The molecule has 0 saturated heterocycles. The van der Waals surface area contributed by atoms with Crippen molar-refractivity contribution in [3.8, 4) is 0 Å². The van der Waals surface area contributed by atoms with Crippen molar-refractivity contribution in [2.45, 2.75) is 30.7 Å². The summed E-state index contributed by atoms with van der Waals surface area (Å²) in [5, 5.41) is 0. The predicted octanol–water partition coefficient (Wildman–Crippen LogP) is 1.75. The number of sulfonamides is 1. The molecule has 0 unspecified atom stereocenters.